The van der Waals surface area contributed by atoms with Crippen molar-refractivity contribution in [1.29, 1.82) is 0 Å². The van der Waals surface area contributed by atoms with Crippen LogP contribution in [0.2, 0.25) is 0 Å². The Labute approximate surface area is 117 Å². The molecule has 0 amide bonds. The van der Waals surface area contributed by atoms with Crippen molar-refractivity contribution in [2.45, 2.75) is 13.5 Å². The number of hydrogen-bond acceptors (Lipinski definition) is 1. The Morgan fingerprint density at radius 3 is 2.65 bits per heavy atom. The number of hydrogen-bond donors (Lipinski definition) is 0. The average molecular weight is 269 g/mol. The molecule has 0 aliphatic rings. The Morgan fingerprint density at radius 1 is 1.10 bits per heavy atom. The Hall–Kier alpha value is -2.29. The van der Waals surface area contributed by atoms with E-state index in [1.54, 1.807) is 12.1 Å². The van der Waals surface area contributed by atoms with Crippen molar-refractivity contribution in [1.82, 2.24) is 4.57 Å². The van der Waals surface area contributed by atoms with E-state index in [0.717, 1.165) is 11.2 Å². The quantitative estimate of drug-likeness (QED) is 0.697. The van der Waals surface area contributed by atoms with Crippen LogP contribution in [-0.4, -0.2) is 11.7 Å². The molecule has 1 aromatic heterocycles. The summed E-state index contributed by atoms with van der Waals surface area (Å²) >= 11 is 0. The topological polar surface area (TPSA) is 14.2 Å². The highest BCUT2D eigenvalue weighted by Gasteiger charge is 2.09. The van der Waals surface area contributed by atoms with Gasteiger partial charge in [-0.3, -0.25) is 0 Å². The summed E-state index contributed by atoms with van der Waals surface area (Å²) in [5.41, 5.74) is 2.91. The summed E-state index contributed by atoms with van der Waals surface area (Å²) in [6, 6.07) is 15.3. The summed E-state index contributed by atoms with van der Waals surface area (Å²) in [6.45, 7) is 2.57. The first-order valence-corrected chi connectivity index (χ1v) is 6.56. The van der Waals surface area contributed by atoms with Gasteiger partial charge in [0.1, 0.15) is 11.6 Å². The van der Waals surface area contributed by atoms with Crippen LogP contribution in [0.15, 0.2) is 48.5 Å². The van der Waals surface area contributed by atoms with Crippen LogP contribution >= 0.6 is 0 Å². The Kier molecular flexibility index (Phi) is 3.18. The van der Waals surface area contributed by atoms with Crippen LogP contribution in [0.25, 0.3) is 10.9 Å². The first-order valence-electron chi connectivity index (χ1n) is 6.56. The monoisotopic (exact) mass is 269 g/mol. The number of benzene rings is 2. The molecule has 0 radical (unpaired) electrons. The second-order valence-electron chi connectivity index (χ2n) is 4.89. The van der Waals surface area contributed by atoms with Gasteiger partial charge in [0.25, 0.3) is 0 Å². The molecule has 0 saturated carbocycles. The third-order valence-corrected chi connectivity index (χ3v) is 3.61. The molecule has 0 aliphatic carbocycles. The molecule has 0 unspecified atom stereocenters. The Balaban J connectivity index is 2.03. The molecular formula is C17H16FNO. The van der Waals surface area contributed by atoms with Gasteiger partial charge in [-0.05, 0) is 30.5 Å². The summed E-state index contributed by atoms with van der Waals surface area (Å²) in [7, 11) is 1.54. The van der Waals surface area contributed by atoms with E-state index in [-0.39, 0.29) is 5.82 Å². The fraction of sp³-hybridized carbons (Fsp3) is 0.176. The van der Waals surface area contributed by atoms with Gasteiger partial charge in [0.2, 0.25) is 0 Å². The molecule has 0 fully saturated rings. The Bertz CT molecular complexity index is 761. The number of methoxy groups -OCH3 is 1. The van der Waals surface area contributed by atoms with Crippen molar-refractivity contribution >= 4 is 10.9 Å². The predicted octanol–water partition coefficient (Wildman–Crippen LogP) is 4.15. The molecule has 0 spiro atoms. The predicted molar refractivity (Wildman–Crippen MR) is 78.7 cm³/mol. The zero-order chi connectivity index (χ0) is 14.1. The van der Waals surface area contributed by atoms with Crippen molar-refractivity contribution in [2.24, 2.45) is 0 Å². The summed E-state index contributed by atoms with van der Waals surface area (Å²) in [5.74, 6) is 0.307. The van der Waals surface area contributed by atoms with Gasteiger partial charge < -0.3 is 9.30 Å². The smallest absolute Gasteiger partial charge is 0.131 e. The highest BCUT2D eigenvalue weighted by atomic mass is 19.1. The lowest BCUT2D eigenvalue weighted by atomic mass is 10.2. The van der Waals surface area contributed by atoms with Crippen molar-refractivity contribution in [3.05, 3.63) is 65.6 Å². The van der Waals surface area contributed by atoms with E-state index >= 15 is 0 Å². The summed E-state index contributed by atoms with van der Waals surface area (Å²) < 4.78 is 21.2. The van der Waals surface area contributed by atoms with E-state index in [9.17, 15) is 4.39 Å². The molecule has 0 atom stereocenters. The molecule has 2 aromatic carbocycles. The minimum absolute atomic E-state index is 0.235. The average Bonchev–Trinajstić information content (AvgIpc) is 2.77. The molecular weight excluding hydrogens is 253 g/mol. The summed E-state index contributed by atoms with van der Waals surface area (Å²) in [6.07, 6.45) is 0. The van der Waals surface area contributed by atoms with Gasteiger partial charge in [-0.15, -0.1) is 0 Å². The van der Waals surface area contributed by atoms with Crippen molar-refractivity contribution in [3.63, 3.8) is 0 Å². The van der Waals surface area contributed by atoms with E-state index in [1.165, 1.54) is 18.6 Å². The number of halogens is 1. The van der Waals surface area contributed by atoms with Gasteiger partial charge in [-0.25, -0.2) is 4.39 Å². The van der Waals surface area contributed by atoms with Gasteiger partial charge in [0, 0.05) is 22.8 Å². The second-order valence-corrected chi connectivity index (χ2v) is 4.89. The molecule has 20 heavy (non-hydrogen) atoms. The van der Waals surface area contributed by atoms with Crippen LogP contribution in [0.4, 0.5) is 4.39 Å². The third kappa shape index (κ3) is 2.16. The van der Waals surface area contributed by atoms with Gasteiger partial charge in [0.05, 0.1) is 13.7 Å². The van der Waals surface area contributed by atoms with E-state index in [4.69, 9.17) is 4.74 Å². The lowest BCUT2D eigenvalue weighted by molar-refractivity contribution is 0.410. The number of ether oxygens (including phenoxy) is 1. The lowest BCUT2D eigenvalue weighted by Crippen LogP contribution is -2.03. The molecule has 0 saturated heterocycles. The van der Waals surface area contributed by atoms with Crippen molar-refractivity contribution in [2.75, 3.05) is 7.11 Å². The molecule has 1 heterocycles. The molecule has 102 valence electrons. The number of aryl methyl sites for hydroxylation is 1. The minimum atomic E-state index is -0.235. The van der Waals surface area contributed by atoms with E-state index in [1.807, 2.05) is 19.1 Å². The van der Waals surface area contributed by atoms with Crippen LogP contribution in [-0.2, 0) is 6.54 Å². The van der Waals surface area contributed by atoms with Gasteiger partial charge in [-0.1, -0.05) is 24.3 Å². The SMILES string of the molecule is COc1ccc(Cn2c(C)cc3ccccc32)c(F)c1. The maximum atomic E-state index is 14.1. The van der Waals surface area contributed by atoms with Crippen LogP contribution in [0.3, 0.4) is 0 Å². The van der Waals surface area contributed by atoms with Gasteiger partial charge >= 0.3 is 0 Å². The normalized spacial score (nSPS) is 10.9. The first-order chi connectivity index (χ1) is 9.69. The zero-order valence-corrected chi connectivity index (χ0v) is 11.6. The molecule has 3 heteroatoms. The van der Waals surface area contributed by atoms with Crippen LogP contribution in [0, 0.1) is 12.7 Å². The first kappa shape index (κ1) is 12.7. The standard InChI is InChI=1S/C17H16FNO/c1-12-9-13-5-3-4-6-17(13)19(12)11-14-7-8-15(20-2)10-16(14)18/h3-10H,11H2,1-2H3. The van der Waals surface area contributed by atoms with Gasteiger partial charge in [-0.2, -0.15) is 0 Å². The number of rotatable bonds is 3. The van der Waals surface area contributed by atoms with Crippen LogP contribution in [0.1, 0.15) is 11.3 Å². The lowest BCUT2D eigenvalue weighted by Gasteiger charge is -2.10. The fourth-order valence-electron chi connectivity index (χ4n) is 2.51. The number of para-hydroxylation sites is 1. The molecule has 3 rings (SSSR count). The largest absolute Gasteiger partial charge is 0.497 e. The Morgan fingerprint density at radius 2 is 1.90 bits per heavy atom. The molecule has 0 aliphatic heterocycles. The van der Waals surface area contributed by atoms with E-state index < -0.39 is 0 Å². The molecule has 2 nitrogen and oxygen atoms in total. The summed E-state index contributed by atoms with van der Waals surface area (Å²) in [4.78, 5) is 0. The highest BCUT2D eigenvalue weighted by molar-refractivity contribution is 5.81. The zero-order valence-electron chi connectivity index (χ0n) is 11.6. The minimum Gasteiger partial charge on any atom is -0.497 e. The highest BCUT2D eigenvalue weighted by Crippen LogP contribution is 2.23. The fourth-order valence-corrected chi connectivity index (χ4v) is 2.51. The molecule has 3 aromatic rings. The van der Waals surface area contributed by atoms with Crippen LogP contribution < -0.4 is 4.74 Å². The van der Waals surface area contributed by atoms with Crippen molar-refractivity contribution in [3.8, 4) is 5.75 Å². The number of aromatic nitrogens is 1. The maximum absolute atomic E-state index is 14.1. The third-order valence-electron chi connectivity index (χ3n) is 3.61. The van der Waals surface area contributed by atoms with Crippen LogP contribution in [0.5, 0.6) is 5.75 Å². The number of nitrogens with zero attached hydrogens (tertiary/aromatic N) is 1. The molecule has 0 bridgehead atoms. The van der Waals surface area contributed by atoms with E-state index in [0.29, 0.717) is 17.9 Å². The maximum Gasteiger partial charge on any atom is 0.131 e. The van der Waals surface area contributed by atoms with Gasteiger partial charge in [0.15, 0.2) is 0 Å². The summed E-state index contributed by atoms with van der Waals surface area (Å²) in [5, 5.41) is 1.18. The second kappa shape index (κ2) is 5.00. The van der Waals surface area contributed by atoms with E-state index in [2.05, 4.69) is 22.8 Å². The molecule has 0 N–H and O–H groups in total. The van der Waals surface area contributed by atoms with Crippen molar-refractivity contribution < 1.29 is 9.13 Å². The number of fused-ring (bicyclic) bond motifs is 1.